The first-order chi connectivity index (χ1) is 14.2. The van der Waals surface area contributed by atoms with Crippen LogP contribution in [0.15, 0.2) is 84.9 Å². The Hall–Kier alpha value is -2.66. The molecule has 1 saturated heterocycles. The highest BCUT2D eigenvalue weighted by atomic mass is 16.6. The van der Waals surface area contributed by atoms with E-state index in [-0.39, 0.29) is 12.7 Å². The Labute approximate surface area is 171 Å². The molecule has 0 spiro atoms. The number of hydrogen-bond donors (Lipinski definition) is 1. The normalized spacial score (nSPS) is 19.2. The van der Waals surface area contributed by atoms with Gasteiger partial charge in [-0.15, -0.1) is 0 Å². The minimum atomic E-state index is -0.833. The molecule has 3 aromatic carbocycles. The molecule has 1 aliphatic heterocycles. The molecule has 1 fully saturated rings. The Kier molecular flexibility index (Phi) is 5.95. The summed E-state index contributed by atoms with van der Waals surface area (Å²) >= 11 is 0. The first-order valence-corrected chi connectivity index (χ1v) is 9.93. The maximum absolute atomic E-state index is 10.2. The van der Waals surface area contributed by atoms with Gasteiger partial charge in [-0.2, -0.15) is 0 Å². The van der Waals surface area contributed by atoms with Crippen molar-refractivity contribution in [2.75, 3.05) is 20.3 Å². The molecule has 4 nitrogen and oxygen atoms in total. The monoisotopic (exact) mass is 390 g/mol. The Morgan fingerprint density at radius 2 is 1.41 bits per heavy atom. The van der Waals surface area contributed by atoms with E-state index in [2.05, 4.69) is 24.3 Å². The van der Waals surface area contributed by atoms with Crippen LogP contribution in [0.3, 0.4) is 0 Å². The summed E-state index contributed by atoms with van der Waals surface area (Å²) in [5.41, 5.74) is 2.19. The quantitative estimate of drug-likeness (QED) is 0.616. The van der Waals surface area contributed by atoms with Crippen molar-refractivity contribution in [3.8, 4) is 5.75 Å². The van der Waals surface area contributed by atoms with E-state index in [0.29, 0.717) is 13.0 Å². The van der Waals surface area contributed by atoms with Gasteiger partial charge in [0.25, 0.3) is 0 Å². The van der Waals surface area contributed by atoms with E-state index in [4.69, 9.17) is 14.2 Å². The molecule has 0 amide bonds. The maximum Gasteiger partial charge on any atom is 0.143 e. The molecule has 0 aliphatic carbocycles. The van der Waals surface area contributed by atoms with Gasteiger partial charge in [-0.3, -0.25) is 0 Å². The number of hydrogen-bond acceptors (Lipinski definition) is 4. The van der Waals surface area contributed by atoms with Crippen LogP contribution in [0.25, 0.3) is 0 Å². The predicted octanol–water partition coefficient (Wildman–Crippen LogP) is 4.15. The Morgan fingerprint density at radius 1 is 0.862 bits per heavy atom. The Bertz CT molecular complexity index is 854. The third-order valence-electron chi connectivity index (χ3n) is 5.50. The van der Waals surface area contributed by atoms with Gasteiger partial charge >= 0.3 is 0 Å². The van der Waals surface area contributed by atoms with Crippen LogP contribution in [-0.2, 0) is 15.1 Å². The third-order valence-corrected chi connectivity index (χ3v) is 5.50. The van der Waals surface area contributed by atoms with Crippen LogP contribution in [0, 0.1) is 0 Å². The molecule has 3 aromatic rings. The molecule has 1 N–H and O–H groups in total. The average molecular weight is 390 g/mol. The van der Waals surface area contributed by atoms with Crippen molar-refractivity contribution in [1.29, 1.82) is 0 Å². The molecule has 2 unspecified atom stereocenters. The molecule has 0 aromatic heterocycles. The molecular formula is C25H26O4. The highest BCUT2D eigenvalue weighted by Gasteiger charge is 2.39. The van der Waals surface area contributed by atoms with E-state index in [1.54, 1.807) is 7.11 Å². The lowest BCUT2D eigenvalue weighted by Crippen LogP contribution is -2.37. The summed E-state index contributed by atoms with van der Waals surface area (Å²) in [6, 6.07) is 28.3. The summed E-state index contributed by atoms with van der Waals surface area (Å²) in [5, 5.41) is 10.2. The van der Waals surface area contributed by atoms with Gasteiger partial charge in [-0.1, -0.05) is 72.8 Å². The number of rotatable bonds is 7. The van der Waals surface area contributed by atoms with E-state index in [1.807, 2.05) is 60.7 Å². The van der Waals surface area contributed by atoms with Crippen LogP contribution in [0.2, 0.25) is 0 Å². The largest absolute Gasteiger partial charge is 0.497 e. The zero-order valence-corrected chi connectivity index (χ0v) is 16.5. The summed E-state index contributed by atoms with van der Waals surface area (Å²) < 4.78 is 17.8. The second-order valence-electron chi connectivity index (χ2n) is 7.22. The SMILES string of the molecule is COc1ccc(C(OCC2OCCC2O)(c2ccccc2)c2ccccc2)cc1. The number of aliphatic hydroxyl groups is 1. The fraction of sp³-hybridized carbons (Fsp3) is 0.280. The van der Waals surface area contributed by atoms with Gasteiger partial charge in [-0.25, -0.2) is 0 Å². The molecule has 29 heavy (non-hydrogen) atoms. The molecule has 1 heterocycles. The Balaban J connectivity index is 1.84. The molecule has 4 heteroatoms. The van der Waals surface area contributed by atoms with Crippen molar-refractivity contribution >= 4 is 0 Å². The average Bonchev–Trinajstić information content (AvgIpc) is 3.21. The van der Waals surface area contributed by atoms with E-state index >= 15 is 0 Å². The van der Waals surface area contributed by atoms with Crippen LogP contribution < -0.4 is 4.74 Å². The predicted molar refractivity (Wildman–Crippen MR) is 112 cm³/mol. The lowest BCUT2D eigenvalue weighted by molar-refractivity contribution is -0.0697. The molecule has 4 rings (SSSR count). The van der Waals surface area contributed by atoms with Gasteiger partial charge in [-0.05, 0) is 35.2 Å². The second kappa shape index (κ2) is 8.78. The van der Waals surface area contributed by atoms with Crippen LogP contribution >= 0.6 is 0 Å². The molecule has 0 bridgehead atoms. The second-order valence-corrected chi connectivity index (χ2v) is 7.22. The van der Waals surface area contributed by atoms with E-state index < -0.39 is 11.7 Å². The van der Waals surface area contributed by atoms with Gasteiger partial charge in [0.15, 0.2) is 0 Å². The van der Waals surface area contributed by atoms with Crippen LogP contribution in [0.5, 0.6) is 5.75 Å². The number of methoxy groups -OCH3 is 1. The summed E-state index contributed by atoms with van der Waals surface area (Å²) in [7, 11) is 1.66. The first-order valence-electron chi connectivity index (χ1n) is 9.93. The highest BCUT2D eigenvalue weighted by Crippen LogP contribution is 2.41. The third kappa shape index (κ3) is 3.92. The summed E-state index contributed by atoms with van der Waals surface area (Å²) in [6.07, 6.45) is -0.199. The summed E-state index contributed by atoms with van der Waals surface area (Å²) in [6.45, 7) is 0.846. The first kappa shape index (κ1) is 19.6. The zero-order chi connectivity index (χ0) is 20.1. The van der Waals surface area contributed by atoms with Crippen molar-refractivity contribution < 1.29 is 19.3 Å². The van der Waals surface area contributed by atoms with Gasteiger partial charge in [0.1, 0.15) is 17.5 Å². The van der Waals surface area contributed by atoms with Crippen LogP contribution in [0.4, 0.5) is 0 Å². The Morgan fingerprint density at radius 3 is 1.90 bits per heavy atom. The highest BCUT2D eigenvalue weighted by molar-refractivity contribution is 5.48. The van der Waals surface area contributed by atoms with Gasteiger partial charge < -0.3 is 19.3 Å². The minimum Gasteiger partial charge on any atom is -0.497 e. The number of ether oxygens (including phenoxy) is 3. The summed E-state index contributed by atoms with van der Waals surface area (Å²) in [5.74, 6) is 0.790. The fourth-order valence-electron chi connectivity index (χ4n) is 3.92. The van der Waals surface area contributed by atoms with E-state index in [0.717, 1.165) is 22.4 Å². The molecule has 0 radical (unpaired) electrons. The van der Waals surface area contributed by atoms with Crippen molar-refractivity contribution in [3.05, 3.63) is 102 Å². The van der Waals surface area contributed by atoms with Crippen molar-refractivity contribution in [1.82, 2.24) is 0 Å². The van der Waals surface area contributed by atoms with Crippen LogP contribution in [-0.4, -0.2) is 37.6 Å². The molecular weight excluding hydrogens is 364 g/mol. The molecule has 2 atom stereocenters. The van der Waals surface area contributed by atoms with Gasteiger partial charge in [0.05, 0.1) is 19.8 Å². The van der Waals surface area contributed by atoms with Crippen LogP contribution in [0.1, 0.15) is 23.1 Å². The lowest BCUT2D eigenvalue weighted by Gasteiger charge is -2.37. The maximum atomic E-state index is 10.2. The number of aliphatic hydroxyl groups excluding tert-OH is 1. The standard InChI is InChI=1S/C25H26O4/c1-27-22-14-12-21(13-15-22)25(19-8-4-2-5-9-19,20-10-6-3-7-11-20)29-18-24-23(26)16-17-28-24/h2-15,23-24,26H,16-18H2,1H3. The van der Waals surface area contributed by atoms with Gasteiger partial charge in [0.2, 0.25) is 0 Å². The topological polar surface area (TPSA) is 47.9 Å². The molecule has 0 saturated carbocycles. The van der Waals surface area contributed by atoms with Crippen molar-refractivity contribution in [2.24, 2.45) is 0 Å². The van der Waals surface area contributed by atoms with Gasteiger partial charge in [0, 0.05) is 6.61 Å². The lowest BCUT2D eigenvalue weighted by atomic mass is 9.80. The minimum absolute atomic E-state index is 0.289. The smallest absolute Gasteiger partial charge is 0.143 e. The molecule has 1 aliphatic rings. The molecule has 150 valence electrons. The van der Waals surface area contributed by atoms with Crippen molar-refractivity contribution in [2.45, 2.75) is 24.2 Å². The zero-order valence-electron chi connectivity index (χ0n) is 16.5. The fourth-order valence-corrected chi connectivity index (χ4v) is 3.92. The summed E-state index contributed by atoms with van der Waals surface area (Å²) in [4.78, 5) is 0. The van der Waals surface area contributed by atoms with Crippen molar-refractivity contribution in [3.63, 3.8) is 0 Å². The van der Waals surface area contributed by atoms with E-state index in [9.17, 15) is 5.11 Å². The number of benzene rings is 3. The van der Waals surface area contributed by atoms with E-state index in [1.165, 1.54) is 0 Å².